The Morgan fingerprint density at radius 2 is 1.77 bits per heavy atom. The Hall–Kier alpha value is -3.07. The number of anilines is 1. The number of benzene rings is 2. The first-order valence-electron chi connectivity index (χ1n) is 11.7. The van der Waals surface area contributed by atoms with Crippen LogP contribution in [0.5, 0.6) is 5.75 Å². The van der Waals surface area contributed by atoms with E-state index in [0.29, 0.717) is 18.7 Å². The summed E-state index contributed by atoms with van der Waals surface area (Å²) < 4.78 is 31.8. The van der Waals surface area contributed by atoms with E-state index in [9.17, 15) is 18.0 Å². The fraction of sp³-hybridized carbons (Fsp3) is 0.462. The molecule has 0 aliphatic rings. The summed E-state index contributed by atoms with van der Waals surface area (Å²) in [4.78, 5) is 28.3. The molecule has 2 amide bonds. The number of hydrogen-bond acceptors (Lipinski definition) is 5. The van der Waals surface area contributed by atoms with E-state index in [0.717, 1.165) is 21.7 Å². The lowest BCUT2D eigenvalue weighted by Gasteiger charge is -2.33. The number of amides is 2. The zero-order valence-corrected chi connectivity index (χ0v) is 22.3. The second-order valence-corrected chi connectivity index (χ2v) is 10.9. The Balaban J connectivity index is 2.46. The van der Waals surface area contributed by atoms with Crippen LogP contribution in [0, 0.1) is 12.8 Å². The quantitative estimate of drug-likeness (QED) is 0.479. The molecule has 0 saturated carbocycles. The number of aryl methyl sites for hydroxylation is 1. The lowest BCUT2D eigenvalue weighted by molar-refractivity contribution is -0.140. The van der Waals surface area contributed by atoms with Gasteiger partial charge in [0.05, 0.1) is 19.1 Å². The summed E-state index contributed by atoms with van der Waals surface area (Å²) in [5.74, 6) is -0.152. The van der Waals surface area contributed by atoms with Gasteiger partial charge >= 0.3 is 0 Å². The van der Waals surface area contributed by atoms with Crippen molar-refractivity contribution in [1.82, 2.24) is 10.2 Å². The Labute approximate surface area is 209 Å². The fourth-order valence-electron chi connectivity index (χ4n) is 3.78. The molecule has 8 nitrogen and oxygen atoms in total. The Kier molecular flexibility index (Phi) is 10.1. The van der Waals surface area contributed by atoms with Crippen molar-refractivity contribution in [2.75, 3.05) is 30.8 Å². The van der Waals surface area contributed by atoms with Crippen LogP contribution in [0.1, 0.15) is 38.3 Å². The number of para-hydroxylation sites is 2. The molecule has 0 aliphatic heterocycles. The van der Waals surface area contributed by atoms with E-state index < -0.39 is 28.5 Å². The lowest BCUT2D eigenvalue weighted by Crippen LogP contribution is -2.52. The van der Waals surface area contributed by atoms with Gasteiger partial charge in [-0.1, -0.05) is 62.7 Å². The van der Waals surface area contributed by atoms with Crippen LogP contribution in [0.4, 0.5) is 5.69 Å². The number of nitrogens with zero attached hydrogens (tertiary/aromatic N) is 2. The van der Waals surface area contributed by atoms with Crippen LogP contribution in [-0.4, -0.2) is 57.6 Å². The molecule has 9 heteroatoms. The topological polar surface area (TPSA) is 96.0 Å². The highest BCUT2D eigenvalue weighted by Crippen LogP contribution is 2.29. The van der Waals surface area contributed by atoms with E-state index >= 15 is 0 Å². The number of carbonyl (C=O) groups is 2. The molecule has 2 aromatic rings. The second kappa shape index (κ2) is 12.6. The monoisotopic (exact) mass is 503 g/mol. The zero-order chi connectivity index (χ0) is 26.2. The van der Waals surface area contributed by atoms with Crippen LogP contribution in [0.25, 0.3) is 0 Å². The molecular formula is C26H37N3O5S. The van der Waals surface area contributed by atoms with Crippen molar-refractivity contribution >= 4 is 27.5 Å². The molecule has 192 valence electrons. The number of carbonyl (C=O) groups excluding carboxylic acids is 2. The number of methoxy groups -OCH3 is 1. The van der Waals surface area contributed by atoms with Gasteiger partial charge in [-0.25, -0.2) is 8.42 Å². The first-order chi connectivity index (χ1) is 16.5. The Bertz CT molecular complexity index is 1120. The summed E-state index contributed by atoms with van der Waals surface area (Å²) in [5, 5.41) is 2.91. The largest absolute Gasteiger partial charge is 0.495 e. The van der Waals surface area contributed by atoms with Gasteiger partial charge in [-0.3, -0.25) is 13.9 Å². The third-order valence-electron chi connectivity index (χ3n) is 5.54. The molecule has 0 fully saturated rings. The van der Waals surface area contributed by atoms with Crippen molar-refractivity contribution in [1.29, 1.82) is 0 Å². The summed E-state index contributed by atoms with van der Waals surface area (Å²) in [6.45, 7) is 7.98. The molecule has 0 radical (unpaired) electrons. The van der Waals surface area contributed by atoms with Crippen molar-refractivity contribution in [3.05, 3.63) is 59.7 Å². The van der Waals surface area contributed by atoms with E-state index in [-0.39, 0.29) is 24.1 Å². The molecule has 2 aromatic carbocycles. The van der Waals surface area contributed by atoms with Crippen molar-refractivity contribution < 1.29 is 22.7 Å². The van der Waals surface area contributed by atoms with Crippen LogP contribution in [0.15, 0.2) is 48.5 Å². The van der Waals surface area contributed by atoms with Gasteiger partial charge in [-0.2, -0.15) is 0 Å². The van der Waals surface area contributed by atoms with Crippen LogP contribution in [0.2, 0.25) is 0 Å². The molecule has 0 unspecified atom stereocenters. The van der Waals surface area contributed by atoms with Crippen LogP contribution in [-0.2, 0) is 26.2 Å². The summed E-state index contributed by atoms with van der Waals surface area (Å²) in [7, 11) is -2.39. The minimum atomic E-state index is -3.83. The fourth-order valence-corrected chi connectivity index (χ4v) is 4.63. The maximum atomic E-state index is 13.7. The maximum Gasteiger partial charge on any atom is 0.244 e. The standard InChI is InChI=1S/C26H37N3O5S/c1-7-22(26(31)27-16-19(2)3)28(17-21-12-10-11-20(4)15-21)25(30)18-29(35(6,32)33)23-13-8-9-14-24(23)34-5/h8-15,19,22H,7,16-18H2,1-6H3,(H,27,31)/t22-/m0/s1. The number of nitrogens with one attached hydrogen (secondary N) is 1. The van der Waals surface area contributed by atoms with Gasteiger partial charge in [-0.05, 0) is 37.0 Å². The van der Waals surface area contributed by atoms with E-state index in [1.807, 2.05) is 52.0 Å². The molecule has 0 aliphatic carbocycles. The minimum Gasteiger partial charge on any atom is -0.495 e. The summed E-state index contributed by atoms with van der Waals surface area (Å²) in [5.41, 5.74) is 2.15. The average Bonchev–Trinajstić information content (AvgIpc) is 2.80. The van der Waals surface area contributed by atoms with Crippen molar-refractivity contribution in [3.63, 3.8) is 0 Å². The predicted molar refractivity (Wildman–Crippen MR) is 139 cm³/mol. The molecule has 35 heavy (non-hydrogen) atoms. The van der Waals surface area contributed by atoms with Crippen LogP contribution < -0.4 is 14.4 Å². The maximum absolute atomic E-state index is 13.7. The molecule has 0 bridgehead atoms. The molecule has 1 atom stereocenters. The predicted octanol–water partition coefficient (Wildman–Crippen LogP) is 3.35. The van der Waals surface area contributed by atoms with Gasteiger partial charge in [-0.15, -0.1) is 0 Å². The van der Waals surface area contributed by atoms with Crippen molar-refractivity contribution in [3.8, 4) is 5.75 Å². The van der Waals surface area contributed by atoms with E-state index in [1.165, 1.54) is 12.0 Å². The zero-order valence-electron chi connectivity index (χ0n) is 21.4. The second-order valence-electron chi connectivity index (χ2n) is 9.02. The van der Waals surface area contributed by atoms with Gasteiger partial charge in [0.1, 0.15) is 18.3 Å². The average molecular weight is 504 g/mol. The number of rotatable bonds is 12. The number of hydrogen-bond donors (Lipinski definition) is 1. The molecule has 0 spiro atoms. The third kappa shape index (κ3) is 7.99. The van der Waals surface area contributed by atoms with Crippen LogP contribution >= 0.6 is 0 Å². The first-order valence-corrected chi connectivity index (χ1v) is 13.6. The van der Waals surface area contributed by atoms with Gasteiger partial charge in [0.2, 0.25) is 21.8 Å². The van der Waals surface area contributed by atoms with E-state index in [1.54, 1.807) is 24.3 Å². The minimum absolute atomic E-state index is 0.178. The highest BCUT2D eigenvalue weighted by atomic mass is 32.2. The molecule has 1 N–H and O–H groups in total. The van der Waals surface area contributed by atoms with Crippen molar-refractivity contribution in [2.45, 2.75) is 46.7 Å². The smallest absolute Gasteiger partial charge is 0.244 e. The van der Waals surface area contributed by atoms with Crippen LogP contribution in [0.3, 0.4) is 0 Å². The molecular weight excluding hydrogens is 466 g/mol. The molecule has 2 rings (SSSR count). The summed E-state index contributed by atoms with van der Waals surface area (Å²) in [6.07, 6.45) is 1.43. The lowest BCUT2D eigenvalue weighted by atomic mass is 10.1. The Morgan fingerprint density at radius 3 is 2.34 bits per heavy atom. The molecule has 0 aromatic heterocycles. The van der Waals surface area contributed by atoms with Gasteiger partial charge in [0, 0.05) is 13.1 Å². The molecule has 0 heterocycles. The highest BCUT2D eigenvalue weighted by Gasteiger charge is 2.32. The third-order valence-corrected chi connectivity index (χ3v) is 6.67. The highest BCUT2D eigenvalue weighted by molar-refractivity contribution is 7.92. The van der Waals surface area contributed by atoms with Crippen molar-refractivity contribution in [2.24, 2.45) is 5.92 Å². The summed E-state index contributed by atoms with van der Waals surface area (Å²) in [6, 6.07) is 13.6. The normalized spacial score (nSPS) is 12.2. The Morgan fingerprint density at radius 1 is 1.09 bits per heavy atom. The SMILES string of the molecule is CC[C@@H](C(=O)NCC(C)C)N(Cc1cccc(C)c1)C(=O)CN(c1ccccc1OC)S(C)(=O)=O. The molecule has 0 saturated heterocycles. The first kappa shape index (κ1) is 28.2. The van der Waals surface area contributed by atoms with E-state index in [2.05, 4.69) is 5.32 Å². The number of sulfonamides is 1. The van der Waals surface area contributed by atoms with Gasteiger partial charge in [0.15, 0.2) is 0 Å². The summed E-state index contributed by atoms with van der Waals surface area (Å²) >= 11 is 0. The van der Waals surface area contributed by atoms with Gasteiger partial charge < -0.3 is 15.0 Å². The van der Waals surface area contributed by atoms with E-state index in [4.69, 9.17) is 4.74 Å². The van der Waals surface area contributed by atoms with Gasteiger partial charge in [0.25, 0.3) is 0 Å². The number of ether oxygens (including phenoxy) is 1.